The minimum atomic E-state index is -1.22. The summed E-state index contributed by atoms with van der Waals surface area (Å²) >= 11 is 0. The van der Waals surface area contributed by atoms with Crippen LogP contribution in [0.4, 0.5) is 0 Å². The Hall–Kier alpha value is -1.55. The highest BCUT2D eigenvalue weighted by atomic mass is 16.6. The Balaban J connectivity index is 2.64. The molecule has 0 saturated carbocycles. The molecule has 1 aromatic carbocycles. The number of carbonyl (C=O) groups excluding carboxylic acids is 1. The van der Waals surface area contributed by atoms with Crippen molar-refractivity contribution >= 4 is 18.6 Å². The Labute approximate surface area is 83.2 Å². The molecule has 0 atom stereocenters. The van der Waals surface area contributed by atoms with Crippen LogP contribution in [-0.2, 0) is 9.45 Å². The van der Waals surface area contributed by atoms with Crippen LogP contribution in [0.2, 0.25) is 0 Å². The fraction of sp³-hybridized carbons (Fsp3) is 0.100. The molecular weight excluding hydrogens is 179 g/mol. The van der Waals surface area contributed by atoms with E-state index in [2.05, 4.69) is 6.58 Å². The van der Waals surface area contributed by atoms with Crippen LogP contribution >= 0.6 is 0 Å². The van der Waals surface area contributed by atoms with Gasteiger partial charge in [-0.15, -0.1) is 0 Å². The molecule has 3 nitrogen and oxygen atoms in total. The van der Waals surface area contributed by atoms with Gasteiger partial charge in [-0.25, -0.2) is 4.79 Å². The highest BCUT2D eigenvalue weighted by Gasteiger charge is 2.21. The highest BCUT2D eigenvalue weighted by Crippen LogP contribution is 1.94. The van der Waals surface area contributed by atoms with E-state index in [1.165, 1.54) is 6.92 Å². The summed E-state index contributed by atoms with van der Waals surface area (Å²) in [7, 11) is -1.22. The molecule has 0 spiro atoms. The number of rotatable bonds is 3. The van der Waals surface area contributed by atoms with Gasteiger partial charge in [-0.2, -0.15) is 0 Å². The van der Waals surface area contributed by atoms with Crippen LogP contribution in [0.3, 0.4) is 0 Å². The zero-order chi connectivity index (χ0) is 10.6. The smallest absolute Gasteiger partial charge is 0.502 e. The standard InChI is InChI=1S/C10H11BO3/c1-8(2)10(12)14-11(13)9-6-4-3-5-7-9/h3-7,13H,1H2,2H3. The Bertz CT molecular complexity index is 334. The van der Waals surface area contributed by atoms with Crippen molar-refractivity contribution in [2.24, 2.45) is 0 Å². The maximum Gasteiger partial charge on any atom is 0.562 e. The zero-order valence-electron chi connectivity index (χ0n) is 7.93. The summed E-state index contributed by atoms with van der Waals surface area (Å²) in [5.41, 5.74) is 0.807. The van der Waals surface area contributed by atoms with Crippen molar-refractivity contribution in [3.05, 3.63) is 42.5 Å². The van der Waals surface area contributed by atoms with E-state index < -0.39 is 13.1 Å². The van der Waals surface area contributed by atoms with E-state index in [1.54, 1.807) is 24.3 Å². The summed E-state index contributed by atoms with van der Waals surface area (Å²) in [5, 5.41) is 9.46. The van der Waals surface area contributed by atoms with Gasteiger partial charge in [0, 0.05) is 5.57 Å². The molecule has 0 unspecified atom stereocenters. The molecule has 0 aliphatic heterocycles. The van der Waals surface area contributed by atoms with E-state index >= 15 is 0 Å². The molecular formula is C10H11BO3. The summed E-state index contributed by atoms with van der Waals surface area (Å²) < 4.78 is 4.71. The molecule has 0 bridgehead atoms. The van der Waals surface area contributed by atoms with Crippen molar-refractivity contribution in [1.82, 2.24) is 0 Å². The first kappa shape index (κ1) is 10.5. The van der Waals surface area contributed by atoms with Crippen LogP contribution < -0.4 is 5.46 Å². The largest absolute Gasteiger partial charge is 0.562 e. The minimum absolute atomic E-state index is 0.264. The zero-order valence-corrected chi connectivity index (χ0v) is 7.93. The lowest BCUT2D eigenvalue weighted by Gasteiger charge is -2.07. The molecule has 0 amide bonds. The quantitative estimate of drug-likeness (QED) is 0.557. The average molecular weight is 190 g/mol. The summed E-state index contributed by atoms with van der Waals surface area (Å²) in [6.45, 7) is 4.94. The molecule has 0 saturated heterocycles. The van der Waals surface area contributed by atoms with Gasteiger partial charge >= 0.3 is 13.1 Å². The van der Waals surface area contributed by atoms with Gasteiger partial charge in [0.25, 0.3) is 0 Å². The fourth-order valence-electron chi connectivity index (χ4n) is 0.888. The molecule has 14 heavy (non-hydrogen) atoms. The van der Waals surface area contributed by atoms with Crippen molar-refractivity contribution in [2.75, 3.05) is 0 Å². The van der Waals surface area contributed by atoms with Crippen LogP contribution in [0.15, 0.2) is 42.5 Å². The van der Waals surface area contributed by atoms with Crippen LogP contribution in [0.1, 0.15) is 6.92 Å². The van der Waals surface area contributed by atoms with Crippen molar-refractivity contribution in [1.29, 1.82) is 0 Å². The minimum Gasteiger partial charge on any atom is -0.502 e. The second kappa shape index (κ2) is 4.62. The molecule has 0 aliphatic rings. The van der Waals surface area contributed by atoms with Gasteiger partial charge in [0.1, 0.15) is 0 Å². The molecule has 0 fully saturated rings. The third-order valence-electron chi connectivity index (χ3n) is 1.65. The molecule has 0 aromatic heterocycles. The summed E-state index contributed by atoms with van der Waals surface area (Å²) in [4.78, 5) is 11.0. The van der Waals surface area contributed by atoms with Crippen LogP contribution in [0.25, 0.3) is 0 Å². The van der Waals surface area contributed by atoms with E-state index in [1.807, 2.05) is 6.07 Å². The number of hydrogen-bond donors (Lipinski definition) is 1. The van der Waals surface area contributed by atoms with E-state index in [4.69, 9.17) is 4.65 Å². The molecule has 1 rings (SSSR count). The van der Waals surface area contributed by atoms with Gasteiger partial charge in [0.15, 0.2) is 0 Å². The van der Waals surface area contributed by atoms with Crippen molar-refractivity contribution in [3.63, 3.8) is 0 Å². The van der Waals surface area contributed by atoms with Gasteiger partial charge in [0.2, 0.25) is 0 Å². The molecule has 0 heterocycles. The van der Waals surface area contributed by atoms with E-state index in [9.17, 15) is 9.82 Å². The number of benzene rings is 1. The Morgan fingerprint density at radius 3 is 2.50 bits per heavy atom. The fourth-order valence-corrected chi connectivity index (χ4v) is 0.888. The lowest BCUT2D eigenvalue weighted by molar-refractivity contribution is -0.131. The van der Waals surface area contributed by atoms with Gasteiger partial charge < -0.3 is 9.68 Å². The maximum absolute atomic E-state index is 11.0. The molecule has 1 aromatic rings. The Morgan fingerprint density at radius 1 is 1.43 bits per heavy atom. The molecule has 72 valence electrons. The predicted molar refractivity (Wildman–Crippen MR) is 55.0 cm³/mol. The summed E-state index contributed by atoms with van der Waals surface area (Å²) in [6.07, 6.45) is 0. The molecule has 0 radical (unpaired) electrons. The monoisotopic (exact) mass is 190 g/mol. The summed E-state index contributed by atoms with van der Waals surface area (Å²) in [6, 6.07) is 8.68. The third-order valence-corrected chi connectivity index (χ3v) is 1.65. The first-order valence-corrected chi connectivity index (χ1v) is 4.21. The highest BCUT2D eigenvalue weighted by molar-refractivity contribution is 6.61. The van der Waals surface area contributed by atoms with Gasteiger partial charge in [-0.05, 0) is 12.4 Å². The van der Waals surface area contributed by atoms with Crippen molar-refractivity contribution < 1.29 is 14.5 Å². The summed E-state index contributed by atoms with van der Waals surface area (Å²) in [5.74, 6) is -0.596. The Kier molecular flexibility index (Phi) is 3.48. The van der Waals surface area contributed by atoms with Crippen molar-refractivity contribution in [3.8, 4) is 0 Å². The van der Waals surface area contributed by atoms with E-state index in [-0.39, 0.29) is 5.57 Å². The maximum atomic E-state index is 11.0. The van der Waals surface area contributed by atoms with E-state index in [0.717, 1.165) is 0 Å². The Morgan fingerprint density at radius 2 is 2.00 bits per heavy atom. The first-order chi connectivity index (χ1) is 6.61. The molecule has 4 heteroatoms. The predicted octanol–water partition coefficient (Wildman–Crippen LogP) is 0.493. The van der Waals surface area contributed by atoms with Gasteiger partial charge in [-0.1, -0.05) is 36.9 Å². The third kappa shape index (κ3) is 2.74. The lowest BCUT2D eigenvalue weighted by Crippen LogP contribution is -2.35. The topological polar surface area (TPSA) is 46.5 Å². The van der Waals surface area contributed by atoms with Crippen LogP contribution in [0.5, 0.6) is 0 Å². The van der Waals surface area contributed by atoms with E-state index in [0.29, 0.717) is 5.46 Å². The normalized spacial score (nSPS) is 9.29. The SMILES string of the molecule is C=C(C)C(=O)OB(O)c1ccccc1. The molecule has 1 N–H and O–H groups in total. The van der Waals surface area contributed by atoms with Crippen LogP contribution in [0, 0.1) is 0 Å². The molecule has 0 aliphatic carbocycles. The number of hydrogen-bond acceptors (Lipinski definition) is 3. The van der Waals surface area contributed by atoms with Crippen molar-refractivity contribution in [2.45, 2.75) is 6.92 Å². The average Bonchev–Trinajstić information content (AvgIpc) is 2.19. The van der Waals surface area contributed by atoms with Crippen LogP contribution in [-0.4, -0.2) is 18.1 Å². The van der Waals surface area contributed by atoms with Gasteiger partial charge in [-0.3, -0.25) is 0 Å². The van der Waals surface area contributed by atoms with Gasteiger partial charge in [0.05, 0.1) is 0 Å². The second-order valence-corrected chi connectivity index (χ2v) is 2.95. The number of carbonyl (C=O) groups is 1. The lowest BCUT2D eigenvalue weighted by atomic mass is 9.79. The first-order valence-electron chi connectivity index (χ1n) is 4.21. The second-order valence-electron chi connectivity index (χ2n) is 2.95.